The lowest BCUT2D eigenvalue weighted by Gasteiger charge is -2.25. The number of ether oxygens (including phenoxy) is 1. The predicted octanol–water partition coefficient (Wildman–Crippen LogP) is 8.10. The van der Waals surface area contributed by atoms with Gasteiger partial charge in [0.15, 0.2) is 0 Å². The first-order valence-electron chi connectivity index (χ1n) is 31.5. The van der Waals surface area contributed by atoms with Crippen LogP contribution in [0.3, 0.4) is 0 Å². The highest BCUT2D eigenvalue weighted by atomic mass is 127. The maximum atomic E-state index is 10.4. The molecule has 0 aromatic heterocycles. The number of rotatable bonds is 5. The van der Waals surface area contributed by atoms with Crippen LogP contribution >= 0.6 is 45.2 Å². The fourth-order valence-electron chi connectivity index (χ4n) is 11.0. The monoisotopic (exact) mass is 1810 g/mol. The average molecular weight is 1810 g/mol. The molecule has 0 saturated carbocycles. The molecule has 18 nitrogen and oxygen atoms in total. The van der Waals surface area contributed by atoms with Crippen LogP contribution in [0.4, 0.5) is 0 Å². The molecule has 0 bridgehead atoms. The lowest BCUT2D eigenvalue weighted by atomic mass is 9.94. The molecule has 2 aliphatic heterocycles. The molecule has 2 saturated heterocycles. The Labute approximate surface area is 643 Å². The van der Waals surface area contributed by atoms with Gasteiger partial charge in [0.1, 0.15) is 6.10 Å². The number of halogens is 3. The van der Waals surface area contributed by atoms with Crippen molar-refractivity contribution in [2.45, 2.75) is 137 Å². The lowest BCUT2D eigenvalue weighted by molar-refractivity contribution is -0.514. The zero-order valence-electron chi connectivity index (χ0n) is 56.0. The smallest absolute Gasteiger partial charge is 0.335 e. The first-order valence-corrected chi connectivity index (χ1v) is 39.8. The van der Waals surface area contributed by atoms with Crippen LogP contribution in [0.1, 0.15) is 94.5 Å². The topological polar surface area (TPSA) is 325 Å². The molecule has 26 heteroatoms. The van der Waals surface area contributed by atoms with Gasteiger partial charge in [0.25, 0.3) is 21.2 Å². The van der Waals surface area contributed by atoms with Crippen LogP contribution in [0, 0.1) is 29.6 Å². The fraction of sp³-hybridized carbons (Fsp3) is 0.378. The summed E-state index contributed by atoms with van der Waals surface area (Å²) in [6.45, 7) is 22.3. The Kier molecular flexibility index (Phi) is 50.0. The largest absolute Gasteiger partial charge is 0.392 e. The van der Waals surface area contributed by atoms with Crippen LogP contribution < -0.4 is 21.2 Å². The second kappa shape index (κ2) is 53.7. The molecule has 5 aromatic rings. The maximum absolute atomic E-state index is 10.4. The summed E-state index contributed by atoms with van der Waals surface area (Å²) in [7, 11) is 0. The Bertz CT molecular complexity index is 3300. The Balaban J connectivity index is 0.000000587. The molecular formula is C74H90I3O18S5+. The van der Waals surface area contributed by atoms with Crippen LogP contribution in [0.15, 0.2) is 221 Å². The predicted molar refractivity (Wildman–Crippen MR) is 411 cm³/mol. The van der Waals surface area contributed by atoms with E-state index in [0.29, 0.717) is 40.0 Å². The third kappa shape index (κ3) is 31.9. The Morgan fingerprint density at radius 3 is 1.02 bits per heavy atom. The summed E-state index contributed by atoms with van der Waals surface area (Å²) in [5.41, 5.74) is 11.7. The van der Waals surface area contributed by atoms with Crippen LogP contribution in [0.2, 0.25) is 0 Å². The summed E-state index contributed by atoms with van der Waals surface area (Å²) in [6.07, 6.45) is 16.2. The first kappa shape index (κ1) is 93.0. The second-order valence-electron chi connectivity index (χ2n) is 22.9. The minimum atomic E-state index is -0.750. The molecule has 100 heavy (non-hydrogen) atoms. The zero-order chi connectivity index (χ0) is 75.3. The number of fused-ring (bicyclic) bond motifs is 2. The first-order chi connectivity index (χ1) is 48.1. The van der Waals surface area contributed by atoms with Crippen molar-refractivity contribution in [2.75, 3.05) is 0 Å². The van der Waals surface area contributed by atoms with Crippen molar-refractivity contribution >= 4 is 131 Å². The number of benzene rings is 5. The van der Waals surface area contributed by atoms with Crippen molar-refractivity contribution in [3.05, 3.63) is 248 Å². The summed E-state index contributed by atoms with van der Waals surface area (Å²) in [5.74, 6) is 1.19. The van der Waals surface area contributed by atoms with E-state index >= 15 is 0 Å². The zero-order valence-corrected chi connectivity index (χ0v) is 66.6. The summed E-state index contributed by atoms with van der Waals surface area (Å²) >= 11 is 1.02. The minimum absolute atomic E-state index is 0.0385. The van der Waals surface area contributed by atoms with Gasteiger partial charge >= 0.3 is 57.9 Å². The van der Waals surface area contributed by atoms with Gasteiger partial charge in [-0.1, -0.05) is 274 Å². The van der Waals surface area contributed by atoms with E-state index in [4.69, 9.17) is 46.8 Å². The highest BCUT2D eigenvalue weighted by Crippen LogP contribution is 2.44. The summed E-state index contributed by atoms with van der Waals surface area (Å²) < 4.78 is 90.3. The molecule has 0 spiro atoms. The Morgan fingerprint density at radius 1 is 0.380 bits per heavy atom. The van der Waals surface area contributed by atoms with E-state index in [1.54, 1.807) is 0 Å². The standard InChI is InChI=1S/2C14H17IO2.C14H16IO.C14H16O2.C14H16O.2C2H4.5O2S/c2*1-9-12(16)8-7-11(14(17)13(9)15)10-5-3-2-4-6-10;1-9-12(16)8-7-11(14-13(9)15-14)10-5-3-2-4-6-10;1-9-12(15)8-7-11(14-13(9)16-14)10-5-3-2-4-6-10;1-11-7-8-13(9-10-14(11)15)12-5-3-2-4-6-12;2*1-2;5*1-3-2/h2*2-7,9,12-14,16-17H,8H2,1H3;2-7,9,12-14,16H,8H2,1H3;2-7,9,12-15H,8H2,1H3;2-9,11,14-15H,10H2,1H3;2*1-2H2;;;;;/q;;+1;;;;;;;;;/t9-,12+,13+,14+;9-,12+,13-,14-;9-,12+,13+,14-;9-,12+,13-,14+;11-,14-;;;;;;;/m11110......./s1. The van der Waals surface area contributed by atoms with E-state index < -0.39 is 70.1 Å². The summed E-state index contributed by atoms with van der Waals surface area (Å²) in [4.78, 5) is 0. The van der Waals surface area contributed by atoms with E-state index in [-0.39, 0.29) is 74.2 Å². The average Bonchev–Trinajstić information content (AvgIpc) is 1.62. The van der Waals surface area contributed by atoms with Crippen LogP contribution in [0.25, 0.3) is 27.9 Å². The van der Waals surface area contributed by atoms with Crippen molar-refractivity contribution in [1.82, 2.24) is 0 Å². The van der Waals surface area contributed by atoms with Crippen molar-refractivity contribution in [1.29, 1.82) is 0 Å². The molecule has 18 atom stereocenters. The fourth-order valence-corrected chi connectivity index (χ4v) is 16.6. The van der Waals surface area contributed by atoms with Gasteiger partial charge < -0.3 is 40.5 Å². The normalized spacial score (nSPS) is 28.0. The van der Waals surface area contributed by atoms with Gasteiger partial charge in [-0.05, 0) is 94.0 Å². The number of epoxide rings is 1. The van der Waals surface area contributed by atoms with Crippen molar-refractivity contribution < 1.29 is 104 Å². The highest BCUT2D eigenvalue weighted by Gasteiger charge is 2.65. The van der Waals surface area contributed by atoms with Crippen molar-refractivity contribution in [3.63, 3.8) is 0 Å². The van der Waals surface area contributed by atoms with Crippen LogP contribution in [-0.2, 0) is 62.6 Å². The van der Waals surface area contributed by atoms with Gasteiger partial charge in [-0.25, -0.2) is 0 Å². The second-order valence-corrected chi connectivity index (χ2v) is 30.0. The van der Waals surface area contributed by atoms with Crippen LogP contribution in [-0.4, -0.2) is 148 Å². The van der Waals surface area contributed by atoms with E-state index in [9.17, 15) is 35.7 Å². The van der Waals surface area contributed by atoms with Gasteiger partial charge in [0, 0.05) is 31.2 Å². The van der Waals surface area contributed by atoms with Gasteiger partial charge in [-0.2, -0.15) is 42.1 Å². The van der Waals surface area contributed by atoms with E-state index in [0.717, 1.165) is 49.4 Å². The SMILES string of the molecule is C=C.C=C.C[C@H]1C=CC(c2ccccc2)=CC[C@@H]1O.C[C@H]1[C@@H](I)[C@H](O)C(c2ccccc2)=CC[C@@H]1O.C[C@H]1[C@@H]2[I+][C@@H]2C(c2ccccc2)=CC[C@@H]1O.C[C@H]1[C@H](I)[C@@H](O)C(c2ccccc2)=CC[C@@H]1O.C[C@H]1[C@H]2O[C@H]2C(c2ccccc2)=CC[C@@H]1O.O=S=O.O=S=O.O=S=O.O=S=O.O=S=O. The van der Waals surface area contributed by atoms with E-state index in [1.165, 1.54) is 33.4 Å². The molecule has 7 aliphatic rings. The van der Waals surface area contributed by atoms with Crippen LogP contribution in [0.5, 0.6) is 0 Å². The molecular weight excluding hydrogens is 1720 g/mol. The van der Waals surface area contributed by atoms with E-state index in [2.05, 4.69) is 170 Å². The lowest BCUT2D eigenvalue weighted by Crippen LogP contribution is -3.50. The number of alkyl halides is 4. The summed E-state index contributed by atoms with van der Waals surface area (Å²) in [5, 5.41) is 70.3. The maximum Gasteiger partial charge on any atom is 0.335 e. The molecule has 0 amide bonds. The van der Waals surface area contributed by atoms with Gasteiger partial charge in [0.2, 0.25) is 7.85 Å². The van der Waals surface area contributed by atoms with E-state index in [1.807, 2.05) is 130 Å². The molecule has 12 rings (SSSR count). The van der Waals surface area contributed by atoms with Gasteiger partial charge in [0.05, 0.1) is 48.8 Å². The van der Waals surface area contributed by atoms with Crippen molar-refractivity contribution in [2.24, 2.45) is 29.6 Å². The number of aliphatic hydroxyl groups is 7. The Morgan fingerprint density at radius 2 is 0.660 bits per heavy atom. The highest BCUT2D eigenvalue weighted by molar-refractivity contribution is 14.1. The van der Waals surface area contributed by atoms with Crippen molar-refractivity contribution in [3.8, 4) is 0 Å². The molecule has 5 aliphatic carbocycles. The number of allylic oxidation sites excluding steroid dienone is 3. The molecule has 2 fully saturated rings. The third-order valence-electron chi connectivity index (χ3n) is 16.9. The summed E-state index contributed by atoms with van der Waals surface area (Å²) in [6, 6.07) is 51.1. The Hall–Kier alpha value is -5.01. The third-order valence-corrected chi connectivity index (χ3v) is 24.6. The molecule has 5 aromatic carbocycles. The molecule has 7 N–H and O–H groups in total. The minimum Gasteiger partial charge on any atom is -0.392 e. The molecule has 0 radical (unpaired) electrons. The number of hydrogen-bond acceptors (Lipinski definition) is 18. The molecule has 2 heterocycles. The molecule has 0 unspecified atom stereocenters. The quantitative estimate of drug-likeness (QED) is 0.0378. The van der Waals surface area contributed by atoms with Gasteiger partial charge in [-0.3, -0.25) is 0 Å². The van der Waals surface area contributed by atoms with Gasteiger partial charge in [-0.15, -0.1) is 26.3 Å². The number of aliphatic hydroxyl groups excluding tert-OH is 7. The molecule has 544 valence electrons. The number of hydrogen-bond donors (Lipinski definition) is 7.